The lowest BCUT2D eigenvalue weighted by molar-refractivity contribution is 0.0950. The van der Waals surface area contributed by atoms with Crippen molar-refractivity contribution in [1.82, 2.24) is 20.7 Å². The van der Waals surface area contributed by atoms with Gasteiger partial charge in [-0.05, 0) is 24.3 Å². The maximum atomic E-state index is 12.4. The number of carbonyl (C=O) groups is 1. The van der Waals surface area contributed by atoms with Crippen molar-refractivity contribution in [2.45, 2.75) is 6.54 Å². The van der Waals surface area contributed by atoms with Crippen LogP contribution in [0.5, 0.6) is 17.2 Å². The van der Waals surface area contributed by atoms with Gasteiger partial charge in [-0.3, -0.25) is 4.79 Å². The smallest absolute Gasteiger partial charge is 0.251 e. The molecular formula is C17H18N4O4. The van der Waals surface area contributed by atoms with Crippen molar-refractivity contribution in [2.75, 3.05) is 21.3 Å². The standard InChI is InChI=1S/C17H18N4O4/c1-23-14-8-16(25-3)15(24-2)7-11(14)9-18-17(22)10-4-5-12-13(6-10)20-21-19-12/h4-8H,9H2,1-3H3,(H,18,22)(H,19,20,21). The molecule has 2 N–H and O–H groups in total. The maximum Gasteiger partial charge on any atom is 0.251 e. The molecule has 0 bridgehead atoms. The third-order valence-corrected chi connectivity index (χ3v) is 3.80. The normalized spacial score (nSPS) is 10.5. The number of aromatic nitrogens is 3. The lowest BCUT2D eigenvalue weighted by Crippen LogP contribution is -2.23. The van der Waals surface area contributed by atoms with E-state index >= 15 is 0 Å². The third-order valence-electron chi connectivity index (χ3n) is 3.80. The Morgan fingerprint density at radius 1 is 0.960 bits per heavy atom. The van der Waals surface area contributed by atoms with Crippen LogP contribution in [0.25, 0.3) is 11.0 Å². The quantitative estimate of drug-likeness (QED) is 0.710. The number of fused-ring (bicyclic) bond motifs is 1. The fourth-order valence-corrected chi connectivity index (χ4v) is 2.49. The second-order valence-corrected chi connectivity index (χ2v) is 5.23. The van der Waals surface area contributed by atoms with E-state index in [-0.39, 0.29) is 12.5 Å². The van der Waals surface area contributed by atoms with Crippen LogP contribution in [-0.2, 0) is 6.54 Å². The number of methoxy groups -OCH3 is 3. The predicted molar refractivity (Wildman–Crippen MR) is 91.2 cm³/mol. The van der Waals surface area contributed by atoms with Crippen LogP contribution in [0.2, 0.25) is 0 Å². The van der Waals surface area contributed by atoms with Gasteiger partial charge in [0, 0.05) is 23.7 Å². The fourth-order valence-electron chi connectivity index (χ4n) is 2.49. The van der Waals surface area contributed by atoms with Crippen molar-refractivity contribution in [3.05, 3.63) is 41.5 Å². The molecule has 0 fully saturated rings. The first kappa shape index (κ1) is 16.6. The van der Waals surface area contributed by atoms with E-state index in [1.54, 1.807) is 51.7 Å². The number of hydrogen-bond donors (Lipinski definition) is 2. The monoisotopic (exact) mass is 342 g/mol. The second-order valence-electron chi connectivity index (χ2n) is 5.23. The van der Waals surface area contributed by atoms with Gasteiger partial charge < -0.3 is 19.5 Å². The Labute approximate surface area is 144 Å². The predicted octanol–water partition coefficient (Wildman–Crippen LogP) is 1.91. The first-order valence-electron chi connectivity index (χ1n) is 7.54. The van der Waals surface area contributed by atoms with Crippen molar-refractivity contribution in [3.63, 3.8) is 0 Å². The summed E-state index contributed by atoms with van der Waals surface area (Å²) in [5.41, 5.74) is 2.62. The zero-order valence-corrected chi connectivity index (χ0v) is 14.1. The highest BCUT2D eigenvalue weighted by Gasteiger charge is 2.14. The molecule has 1 amide bonds. The van der Waals surface area contributed by atoms with E-state index in [0.29, 0.717) is 33.8 Å². The highest BCUT2D eigenvalue weighted by atomic mass is 16.5. The Bertz CT molecular complexity index is 907. The van der Waals surface area contributed by atoms with Gasteiger partial charge >= 0.3 is 0 Å². The zero-order valence-electron chi connectivity index (χ0n) is 14.1. The summed E-state index contributed by atoms with van der Waals surface area (Å²) in [6.45, 7) is 0.277. The molecule has 0 spiro atoms. The molecule has 0 aliphatic heterocycles. The molecule has 0 aliphatic carbocycles. The first-order chi connectivity index (χ1) is 12.2. The molecular weight excluding hydrogens is 324 g/mol. The first-order valence-corrected chi connectivity index (χ1v) is 7.54. The molecule has 1 heterocycles. The molecule has 8 heteroatoms. The molecule has 1 aromatic heterocycles. The van der Waals surface area contributed by atoms with E-state index in [2.05, 4.69) is 20.7 Å². The van der Waals surface area contributed by atoms with E-state index in [0.717, 1.165) is 5.56 Å². The average molecular weight is 342 g/mol. The molecule has 0 unspecified atom stereocenters. The van der Waals surface area contributed by atoms with Crippen molar-refractivity contribution in [1.29, 1.82) is 0 Å². The van der Waals surface area contributed by atoms with Gasteiger partial charge in [-0.2, -0.15) is 15.4 Å². The Balaban J connectivity index is 1.79. The number of benzene rings is 2. The SMILES string of the molecule is COc1cc(OC)c(OC)cc1CNC(=O)c1ccc2n[nH]nc2c1. The van der Waals surface area contributed by atoms with E-state index in [4.69, 9.17) is 14.2 Å². The van der Waals surface area contributed by atoms with Gasteiger partial charge in [0.15, 0.2) is 11.5 Å². The molecule has 3 rings (SSSR count). The maximum absolute atomic E-state index is 12.4. The molecule has 2 aromatic carbocycles. The van der Waals surface area contributed by atoms with Gasteiger partial charge in [0.2, 0.25) is 0 Å². The minimum absolute atomic E-state index is 0.221. The number of nitrogens with zero attached hydrogens (tertiary/aromatic N) is 2. The van der Waals surface area contributed by atoms with Gasteiger partial charge in [-0.1, -0.05) is 0 Å². The summed E-state index contributed by atoms with van der Waals surface area (Å²) >= 11 is 0. The number of aromatic amines is 1. The molecule has 0 saturated carbocycles. The summed E-state index contributed by atoms with van der Waals surface area (Å²) in [7, 11) is 4.67. The van der Waals surface area contributed by atoms with Crippen LogP contribution in [0.15, 0.2) is 30.3 Å². The van der Waals surface area contributed by atoms with Gasteiger partial charge in [0.25, 0.3) is 5.91 Å². The van der Waals surface area contributed by atoms with E-state index in [1.807, 2.05) is 0 Å². The van der Waals surface area contributed by atoms with Crippen molar-refractivity contribution < 1.29 is 19.0 Å². The van der Waals surface area contributed by atoms with Gasteiger partial charge in [-0.25, -0.2) is 0 Å². The number of hydrogen-bond acceptors (Lipinski definition) is 6. The summed E-state index contributed by atoms with van der Waals surface area (Å²) < 4.78 is 15.9. The summed E-state index contributed by atoms with van der Waals surface area (Å²) in [4.78, 5) is 12.4. The fraction of sp³-hybridized carbons (Fsp3) is 0.235. The number of carbonyl (C=O) groups excluding carboxylic acids is 1. The van der Waals surface area contributed by atoms with Crippen LogP contribution in [-0.4, -0.2) is 42.6 Å². The average Bonchev–Trinajstić information content (AvgIpc) is 3.12. The van der Waals surface area contributed by atoms with Gasteiger partial charge in [-0.15, -0.1) is 0 Å². The van der Waals surface area contributed by atoms with Crippen LogP contribution in [0.1, 0.15) is 15.9 Å². The van der Waals surface area contributed by atoms with Crippen molar-refractivity contribution >= 4 is 16.9 Å². The lowest BCUT2D eigenvalue weighted by atomic mass is 10.1. The van der Waals surface area contributed by atoms with E-state index in [1.165, 1.54) is 0 Å². The summed E-state index contributed by atoms with van der Waals surface area (Å²) in [5, 5.41) is 13.3. The van der Waals surface area contributed by atoms with Crippen LogP contribution < -0.4 is 19.5 Å². The summed E-state index contributed by atoms with van der Waals surface area (Å²) in [6.07, 6.45) is 0. The molecule has 0 aliphatic rings. The number of nitrogens with one attached hydrogen (secondary N) is 2. The topological polar surface area (TPSA) is 98.4 Å². The molecule has 25 heavy (non-hydrogen) atoms. The molecule has 0 radical (unpaired) electrons. The Morgan fingerprint density at radius 3 is 2.36 bits per heavy atom. The lowest BCUT2D eigenvalue weighted by Gasteiger charge is -2.14. The highest BCUT2D eigenvalue weighted by Crippen LogP contribution is 2.34. The van der Waals surface area contributed by atoms with Crippen LogP contribution in [0.4, 0.5) is 0 Å². The number of ether oxygens (including phenoxy) is 3. The highest BCUT2D eigenvalue weighted by molar-refractivity contribution is 5.97. The molecule has 130 valence electrons. The number of rotatable bonds is 6. The molecule has 8 nitrogen and oxygen atoms in total. The van der Waals surface area contributed by atoms with Crippen LogP contribution >= 0.6 is 0 Å². The molecule has 0 atom stereocenters. The minimum atomic E-state index is -0.221. The minimum Gasteiger partial charge on any atom is -0.496 e. The zero-order chi connectivity index (χ0) is 17.8. The van der Waals surface area contributed by atoms with Crippen LogP contribution in [0.3, 0.4) is 0 Å². The van der Waals surface area contributed by atoms with Gasteiger partial charge in [0.1, 0.15) is 16.8 Å². The van der Waals surface area contributed by atoms with Gasteiger partial charge in [0.05, 0.1) is 21.3 Å². The largest absolute Gasteiger partial charge is 0.496 e. The van der Waals surface area contributed by atoms with Crippen molar-refractivity contribution in [3.8, 4) is 17.2 Å². The van der Waals surface area contributed by atoms with Crippen molar-refractivity contribution in [2.24, 2.45) is 0 Å². The van der Waals surface area contributed by atoms with E-state index in [9.17, 15) is 4.79 Å². The Hall–Kier alpha value is -3.29. The second kappa shape index (κ2) is 7.08. The number of H-pyrrole nitrogens is 1. The Kier molecular flexibility index (Phi) is 4.69. The Morgan fingerprint density at radius 2 is 1.64 bits per heavy atom. The van der Waals surface area contributed by atoms with Crippen LogP contribution in [0, 0.1) is 0 Å². The van der Waals surface area contributed by atoms with E-state index < -0.39 is 0 Å². The third kappa shape index (κ3) is 3.32. The summed E-state index contributed by atoms with van der Waals surface area (Å²) in [5.74, 6) is 1.51. The number of amides is 1. The summed E-state index contributed by atoms with van der Waals surface area (Å²) in [6, 6.07) is 8.62. The molecule has 0 saturated heterocycles. The molecule has 3 aromatic rings.